The van der Waals surface area contributed by atoms with Crippen LogP contribution in [-0.2, 0) is 27.1 Å². The summed E-state index contributed by atoms with van der Waals surface area (Å²) < 4.78 is 40.5. The van der Waals surface area contributed by atoms with E-state index in [0.717, 1.165) is 114 Å². The number of amides is 4. The first kappa shape index (κ1) is 44.5. The topological polar surface area (TPSA) is 148 Å². The Labute approximate surface area is 377 Å². The lowest BCUT2D eigenvalue weighted by molar-refractivity contribution is -0.138. The van der Waals surface area contributed by atoms with E-state index in [1.807, 2.05) is 35.4 Å². The van der Waals surface area contributed by atoms with Crippen LogP contribution in [0.5, 0.6) is 0 Å². The van der Waals surface area contributed by atoms with Crippen molar-refractivity contribution < 1.29 is 32.3 Å². The van der Waals surface area contributed by atoms with Gasteiger partial charge in [-0.2, -0.15) is 18.4 Å². The van der Waals surface area contributed by atoms with E-state index in [9.17, 15) is 32.3 Å². The first-order chi connectivity index (χ1) is 31.4. The molecule has 4 amide bonds. The maximum atomic E-state index is 13.5. The van der Waals surface area contributed by atoms with Crippen LogP contribution in [0.25, 0.3) is 0 Å². The third-order valence-corrected chi connectivity index (χ3v) is 14.6. The van der Waals surface area contributed by atoms with Crippen molar-refractivity contribution in [2.45, 2.75) is 70.1 Å². The van der Waals surface area contributed by atoms with Crippen molar-refractivity contribution in [2.24, 2.45) is 17.8 Å². The number of carbonyl (C=O) groups excluding carboxylic acids is 4. The molecular formula is C48H57F3N10O4. The van der Waals surface area contributed by atoms with E-state index < -0.39 is 23.3 Å². The fourth-order valence-electron chi connectivity index (χ4n) is 10.7. The Bertz CT molecular complexity index is 2290. The van der Waals surface area contributed by atoms with Crippen LogP contribution in [0, 0.1) is 29.1 Å². The van der Waals surface area contributed by atoms with Crippen molar-refractivity contribution in [1.82, 2.24) is 25.0 Å². The van der Waals surface area contributed by atoms with Gasteiger partial charge in [-0.1, -0.05) is 0 Å². The lowest BCUT2D eigenvalue weighted by Gasteiger charge is -2.41. The van der Waals surface area contributed by atoms with Crippen LogP contribution in [0.4, 0.5) is 36.1 Å². The zero-order chi connectivity index (χ0) is 45.2. The number of nitriles is 1. The molecule has 0 spiro atoms. The highest BCUT2D eigenvalue weighted by molar-refractivity contribution is 6.05. The van der Waals surface area contributed by atoms with Crippen molar-refractivity contribution in [3.8, 4) is 6.07 Å². The number of alkyl halides is 3. The number of piperidine rings is 4. The van der Waals surface area contributed by atoms with E-state index in [1.165, 1.54) is 12.1 Å². The minimum absolute atomic E-state index is 0.135. The number of hydrogen-bond acceptors (Lipinski definition) is 11. The number of nitrogens with zero attached hydrogens (tertiary/aromatic N) is 8. The van der Waals surface area contributed by atoms with Gasteiger partial charge in [0.15, 0.2) is 0 Å². The van der Waals surface area contributed by atoms with Gasteiger partial charge in [0.2, 0.25) is 17.7 Å². The van der Waals surface area contributed by atoms with E-state index in [0.29, 0.717) is 67.8 Å². The molecule has 17 heteroatoms. The van der Waals surface area contributed by atoms with Gasteiger partial charge in [-0.05, 0) is 111 Å². The Hall–Kier alpha value is -5.73. The number of carbonyl (C=O) groups is 4. The smallest absolute Gasteiger partial charge is 0.372 e. The molecule has 2 N–H and O–H groups in total. The quantitative estimate of drug-likeness (QED) is 0.255. The van der Waals surface area contributed by atoms with Gasteiger partial charge in [0.1, 0.15) is 11.9 Å². The van der Waals surface area contributed by atoms with E-state index >= 15 is 0 Å². The summed E-state index contributed by atoms with van der Waals surface area (Å²) in [4.78, 5) is 68.4. The number of imide groups is 1. The highest BCUT2D eigenvalue weighted by atomic mass is 19.4. The van der Waals surface area contributed by atoms with Crippen LogP contribution >= 0.6 is 0 Å². The maximum absolute atomic E-state index is 13.5. The van der Waals surface area contributed by atoms with Gasteiger partial charge in [0, 0.05) is 114 Å². The fraction of sp³-hybridized carbons (Fsp3) is 0.542. The van der Waals surface area contributed by atoms with Crippen LogP contribution in [0.2, 0.25) is 0 Å². The van der Waals surface area contributed by atoms with E-state index in [-0.39, 0.29) is 36.0 Å². The number of aromatic nitrogens is 1. The monoisotopic (exact) mass is 894 g/mol. The number of benzene rings is 2. The number of fused-ring (bicyclic) bond motifs is 1. The third kappa shape index (κ3) is 10.1. The van der Waals surface area contributed by atoms with E-state index in [4.69, 9.17) is 5.26 Å². The van der Waals surface area contributed by atoms with Crippen molar-refractivity contribution in [3.05, 3.63) is 77.0 Å². The van der Waals surface area contributed by atoms with Gasteiger partial charge in [-0.3, -0.25) is 24.5 Å². The summed E-state index contributed by atoms with van der Waals surface area (Å²) in [6.07, 6.45) is 3.32. The molecule has 3 aromatic rings. The molecule has 5 saturated heterocycles. The van der Waals surface area contributed by atoms with E-state index in [2.05, 4.69) is 41.3 Å². The van der Waals surface area contributed by atoms with Crippen molar-refractivity contribution in [3.63, 3.8) is 0 Å². The fourth-order valence-corrected chi connectivity index (χ4v) is 10.7. The summed E-state index contributed by atoms with van der Waals surface area (Å²) in [7, 11) is 0. The van der Waals surface area contributed by atoms with Gasteiger partial charge < -0.3 is 34.7 Å². The first-order valence-corrected chi connectivity index (χ1v) is 23.2. The summed E-state index contributed by atoms with van der Waals surface area (Å²) in [6, 6.07) is 14.7. The Morgan fingerprint density at radius 2 is 1.31 bits per heavy atom. The van der Waals surface area contributed by atoms with Crippen LogP contribution < -0.4 is 25.3 Å². The molecule has 1 atom stereocenters. The van der Waals surface area contributed by atoms with Crippen LogP contribution in [0.1, 0.15) is 78.4 Å². The molecule has 2 aromatic carbocycles. The average Bonchev–Trinajstić information content (AvgIpc) is 3.64. The summed E-state index contributed by atoms with van der Waals surface area (Å²) in [6.45, 7) is 11.8. The highest BCUT2D eigenvalue weighted by Crippen LogP contribution is 2.36. The van der Waals surface area contributed by atoms with Crippen molar-refractivity contribution in [2.75, 3.05) is 98.6 Å². The standard InChI is InChI=1S/C48H57F3N10O4/c49-48(50,51)41-26-38(2-1-35(41)27-52)59-19-13-34(14-20-59)45(63)54-43-7-4-39(28-53-43)60-17-11-33(12-18-60)30-57-23-21-56(22-24-57)29-32-9-15-58(16-10-32)37-3-5-40-36(25-37)31-61(47(40)65)42-6-8-44(62)55-46(42)64/h1-5,7,25-26,28,32-34,42H,6,8-24,29-31H2,(H,53,54,63)(H,55,62,64). The lowest BCUT2D eigenvalue weighted by Crippen LogP contribution is -2.52. The van der Waals surface area contributed by atoms with Crippen molar-refractivity contribution >= 4 is 46.5 Å². The van der Waals surface area contributed by atoms with Gasteiger partial charge >= 0.3 is 6.18 Å². The number of piperazine rings is 1. The predicted molar refractivity (Wildman–Crippen MR) is 239 cm³/mol. The van der Waals surface area contributed by atoms with Gasteiger partial charge in [0.25, 0.3) is 5.91 Å². The lowest BCUT2D eigenvalue weighted by atomic mass is 9.94. The Kier molecular flexibility index (Phi) is 13.0. The largest absolute Gasteiger partial charge is 0.417 e. The second-order valence-electron chi connectivity index (χ2n) is 18.7. The molecule has 0 aliphatic carbocycles. The number of hydrogen-bond donors (Lipinski definition) is 2. The van der Waals surface area contributed by atoms with Crippen molar-refractivity contribution in [1.29, 1.82) is 5.26 Å². The molecular weight excluding hydrogens is 838 g/mol. The van der Waals surface area contributed by atoms with E-state index in [1.54, 1.807) is 11.0 Å². The second-order valence-corrected chi connectivity index (χ2v) is 18.7. The highest BCUT2D eigenvalue weighted by Gasteiger charge is 2.40. The van der Waals surface area contributed by atoms with Crippen LogP contribution in [0.3, 0.4) is 0 Å². The maximum Gasteiger partial charge on any atom is 0.417 e. The molecule has 5 fully saturated rings. The summed E-state index contributed by atoms with van der Waals surface area (Å²) in [5.74, 6) is 0.592. The average molecular weight is 895 g/mol. The molecule has 14 nitrogen and oxygen atoms in total. The second kappa shape index (κ2) is 19.0. The molecule has 0 bridgehead atoms. The molecule has 65 heavy (non-hydrogen) atoms. The van der Waals surface area contributed by atoms with Crippen LogP contribution in [-0.4, -0.2) is 128 Å². The predicted octanol–water partition coefficient (Wildman–Crippen LogP) is 5.34. The number of nitrogens with one attached hydrogen (secondary N) is 2. The summed E-state index contributed by atoms with van der Waals surface area (Å²) >= 11 is 0. The molecule has 344 valence electrons. The molecule has 1 aromatic heterocycles. The molecule has 6 aliphatic rings. The zero-order valence-corrected chi connectivity index (χ0v) is 36.7. The number of rotatable bonds is 10. The molecule has 7 heterocycles. The normalized spacial score (nSPS) is 22.2. The minimum atomic E-state index is -4.62. The van der Waals surface area contributed by atoms with Gasteiger partial charge in [-0.25, -0.2) is 4.98 Å². The minimum Gasteiger partial charge on any atom is -0.372 e. The van der Waals surface area contributed by atoms with Gasteiger partial charge in [-0.15, -0.1) is 0 Å². The molecule has 6 aliphatic heterocycles. The molecule has 0 radical (unpaired) electrons. The first-order valence-electron chi connectivity index (χ1n) is 23.2. The van der Waals surface area contributed by atoms with Crippen LogP contribution in [0.15, 0.2) is 54.7 Å². The number of anilines is 4. The zero-order valence-electron chi connectivity index (χ0n) is 36.7. The molecule has 0 saturated carbocycles. The Morgan fingerprint density at radius 3 is 1.88 bits per heavy atom. The summed E-state index contributed by atoms with van der Waals surface area (Å²) in [5, 5.41) is 14.4. The van der Waals surface area contributed by atoms with Gasteiger partial charge in [0.05, 0.1) is 29.1 Å². The molecule has 1 unspecified atom stereocenters. The Balaban J connectivity index is 0.655. The molecule has 9 rings (SSSR count). The number of halogens is 3. The number of pyridine rings is 1. The SMILES string of the molecule is N#Cc1ccc(N2CCC(C(=O)Nc3ccc(N4CCC(CN5CCN(CC6CCN(c7ccc8c(c7)CN(C7CCC(=O)NC7=O)C8=O)CC6)CC5)CC4)cn3)CC2)cc1C(F)(F)F. The Morgan fingerprint density at radius 1 is 0.738 bits per heavy atom. The summed E-state index contributed by atoms with van der Waals surface area (Å²) in [5.41, 5.74) is 2.83. The third-order valence-electron chi connectivity index (χ3n) is 14.6.